The van der Waals surface area contributed by atoms with Crippen molar-refractivity contribution in [3.63, 3.8) is 0 Å². The minimum atomic E-state index is -0.475. The van der Waals surface area contributed by atoms with E-state index in [1.54, 1.807) is 0 Å². The molecule has 3 aliphatic rings. The van der Waals surface area contributed by atoms with E-state index in [2.05, 4.69) is 16.3 Å². The molecule has 1 saturated carbocycles. The maximum Gasteiger partial charge on any atom is 0.233 e. The number of rotatable bonds is 5. The summed E-state index contributed by atoms with van der Waals surface area (Å²) in [5.74, 6) is 1.17. The van der Waals surface area contributed by atoms with Crippen molar-refractivity contribution in [3.05, 3.63) is 34.9 Å². The van der Waals surface area contributed by atoms with Crippen molar-refractivity contribution in [2.75, 3.05) is 32.8 Å². The number of benzene rings is 1. The summed E-state index contributed by atoms with van der Waals surface area (Å²) in [6.45, 7) is 4.13. The molecule has 2 heterocycles. The minimum absolute atomic E-state index is 0. The third-order valence-electron chi connectivity index (χ3n) is 6.31. The third-order valence-corrected chi connectivity index (χ3v) is 6.54. The Hall–Kier alpha value is -0.810. The van der Waals surface area contributed by atoms with Crippen molar-refractivity contribution in [1.82, 2.24) is 10.2 Å². The molecule has 0 bridgehead atoms. The highest BCUT2D eigenvalue weighted by atomic mass is 35.5. The molecule has 0 spiro atoms. The Kier molecular flexibility index (Phi) is 7.07. The van der Waals surface area contributed by atoms with Gasteiger partial charge in [0.2, 0.25) is 5.91 Å². The van der Waals surface area contributed by atoms with Gasteiger partial charge in [-0.2, -0.15) is 0 Å². The monoisotopic (exact) mass is 412 g/mol. The van der Waals surface area contributed by atoms with Crippen LogP contribution in [0.3, 0.4) is 0 Å². The molecule has 1 aromatic carbocycles. The zero-order chi connectivity index (χ0) is 18.0. The second-order valence-electron chi connectivity index (χ2n) is 8.12. The molecular weight excluding hydrogens is 383 g/mol. The average Bonchev–Trinajstić information content (AvgIpc) is 3.51. The fourth-order valence-corrected chi connectivity index (χ4v) is 4.57. The Balaban J connectivity index is 0.00000210. The van der Waals surface area contributed by atoms with E-state index >= 15 is 0 Å². The van der Waals surface area contributed by atoms with Crippen LogP contribution in [-0.4, -0.2) is 49.7 Å². The van der Waals surface area contributed by atoms with Crippen molar-refractivity contribution in [2.45, 2.75) is 50.0 Å². The average molecular weight is 413 g/mol. The van der Waals surface area contributed by atoms with Gasteiger partial charge in [0.05, 0.1) is 5.41 Å². The highest BCUT2D eigenvalue weighted by molar-refractivity contribution is 6.30. The molecule has 1 aromatic rings. The van der Waals surface area contributed by atoms with Crippen LogP contribution >= 0.6 is 24.0 Å². The van der Waals surface area contributed by atoms with Gasteiger partial charge in [-0.3, -0.25) is 4.79 Å². The Morgan fingerprint density at radius 2 is 1.89 bits per heavy atom. The van der Waals surface area contributed by atoms with Crippen LogP contribution in [0.1, 0.15) is 44.1 Å². The van der Waals surface area contributed by atoms with Gasteiger partial charge in [0.15, 0.2) is 0 Å². The summed E-state index contributed by atoms with van der Waals surface area (Å²) in [5.41, 5.74) is 0.574. The molecular formula is C21H30Cl2N2O2. The fraction of sp³-hybridized carbons (Fsp3) is 0.667. The minimum Gasteiger partial charge on any atom is -0.381 e. The summed E-state index contributed by atoms with van der Waals surface area (Å²) in [6, 6.07) is 8.42. The number of hydrogen-bond acceptors (Lipinski definition) is 3. The number of carbonyl (C=O) groups excluding carboxylic acids is 1. The molecule has 150 valence electrons. The highest BCUT2D eigenvalue weighted by Gasteiger charge is 2.44. The van der Waals surface area contributed by atoms with Crippen LogP contribution in [-0.2, 0) is 14.9 Å². The number of likely N-dealkylation sites (tertiary alicyclic amines) is 1. The van der Waals surface area contributed by atoms with Crippen molar-refractivity contribution in [1.29, 1.82) is 0 Å². The van der Waals surface area contributed by atoms with E-state index in [-0.39, 0.29) is 18.3 Å². The topological polar surface area (TPSA) is 41.6 Å². The lowest BCUT2D eigenvalue weighted by atomic mass is 9.72. The normalized spacial score (nSPS) is 22.9. The molecule has 4 nitrogen and oxygen atoms in total. The van der Waals surface area contributed by atoms with E-state index < -0.39 is 5.41 Å². The van der Waals surface area contributed by atoms with Crippen molar-refractivity contribution in [2.24, 2.45) is 5.92 Å². The van der Waals surface area contributed by atoms with Gasteiger partial charge in [-0.15, -0.1) is 12.4 Å². The number of halogens is 2. The van der Waals surface area contributed by atoms with Gasteiger partial charge in [0.1, 0.15) is 0 Å². The molecule has 2 aliphatic heterocycles. The quantitative estimate of drug-likeness (QED) is 0.799. The Morgan fingerprint density at radius 3 is 2.52 bits per heavy atom. The number of piperidine rings is 1. The first-order valence-corrected chi connectivity index (χ1v) is 10.4. The van der Waals surface area contributed by atoms with E-state index in [0.29, 0.717) is 24.3 Å². The van der Waals surface area contributed by atoms with E-state index in [1.165, 1.54) is 12.8 Å². The molecule has 4 rings (SSSR count). The first-order chi connectivity index (χ1) is 12.7. The van der Waals surface area contributed by atoms with E-state index in [1.807, 2.05) is 18.2 Å². The summed E-state index contributed by atoms with van der Waals surface area (Å²) in [7, 11) is 0. The maximum atomic E-state index is 13.6. The van der Waals surface area contributed by atoms with Gasteiger partial charge >= 0.3 is 0 Å². The van der Waals surface area contributed by atoms with E-state index in [0.717, 1.165) is 56.8 Å². The largest absolute Gasteiger partial charge is 0.381 e. The second-order valence-corrected chi connectivity index (χ2v) is 8.56. The van der Waals surface area contributed by atoms with Gasteiger partial charge in [-0.1, -0.05) is 23.7 Å². The molecule has 27 heavy (non-hydrogen) atoms. The van der Waals surface area contributed by atoms with Crippen LogP contribution in [0.15, 0.2) is 24.3 Å². The number of carbonyl (C=O) groups is 1. The van der Waals surface area contributed by atoms with Crippen molar-refractivity contribution in [3.8, 4) is 0 Å². The molecule has 0 aromatic heterocycles. The smallest absolute Gasteiger partial charge is 0.233 e. The van der Waals surface area contributed by atoms with Crippen LogP contribution < -0.4 is 5.32 Å². The lowest BCUT2D eigenvalue weighted by molar-refractivity contribution is -0.142. The van der Waals surface area contributed by atoms with Crippen LogP contribution in [0, 0.1) is 5.92 Å². The SMILES string of the molecule is Cl.O=C(N1CCC(NCC2CC2)CC1)C1(c2cccc(Cl)c2)CCOCC1. The summed E-state index contributed by atoms with van der Waals surface area (Å²) in [6.07, 6.45) is 6.36. The van der Waals surface area contributed by atoms with Gasteiger partial charge in [0.25, 0.3) is 0 Å². The molecule has 6 heteroatoms. The summed E-state index contributed by atoms with van der Waals surface area (Å²) in [4.78, 5) is 15.7. The van der Waals surface area contributed by atoms with E-state index in [9.17, 15) is 4.79 Å². The van der Waals surface area contributed by atoms with E-state index in [4.69, 9.17) is 16.3 Å². The molecule has 1 aliphatic carbocycles. The van der Waals surface area contributed by atoms with Crippen LogP contribution in [0.4, 0.5) is 0 Å². The predicted octanol–water partition coefficient (Wildman–Crippen LogP) is 3.80. The molecule has 0 unspecified atom stereocenters. The third kappa shape index (κ3) is 4.79. The van der Waals surface area contributed by atoms with Crippen molar-refractivity contribution < 1.29 is 9.53 Å². The fourth-order valence-electron chi connectivity index (χ4n) is 4.38. The van der Waals surface area contributed by atoms with Gasteiger partial charge < -0.3 is 15.0 Å². The Bertz CT molecular complexity index is 637. The maximum absolute atomic E-state index is 13.6. The highest BCUT2D eigenvalue weighted by Crippen LogP contribution is 2.38. The molecule has 3 fully saturated rings. The Labute approximate surface area is 173 Å². The number of nitrogens with one attached hydrogen (secondary N) is 1. The molecule has 1 N–H and O–H groups in total. The number of ether oxygens (including phenoxy) is 1. The first kappa shape index (κ1) is 20.9. The number of hydrogen-bond donors (Lipinski definition) is 1. The zero-order valence-corrected chi connectivity index (χ0v) is 17.4. The summed E-state index contributed by atoms with van der Waals surface area (Å²) in [5, 5.41) is 4.39. The zero-order valence-electron chi connectivity index (χ0n) is 15.8. The van der Waals surface area contributed by atoms with Gasteiger partial charge in [-0.25, -0.2) is 0 Å². The van der Waals surface area contributed by atoms with Crippen molar-refractivity contribution >= 4 is 29.9 Å². The number of nitrogens with zero attached hydrogens (tertiary/aromatic N) is 1. The van der Waals surface area contributed by atoms with Crippen LogP contribution in [0.25, 0.3) is 0 Å². The lowest BCUT2D eigenvalue weighted by Gasteiger charge is -2.42. The molecule has 2 saturated heterocycles. The number of amides is 1. The van der Waals surface area contributed by atoms with Crippen LogP contribution in [0.2, 0.25) is 5.02 Å². The lowest BCUT2D eigenvalue weighted by Crippen LogP contribution is -2.53. The van der Waals surface area contributed by atoms with Gasteiger partial charge in [-0.05, 0) is 68.7 Å². The first-order valence-electron chi connectivity index (χ1n) is 10.0. The predicted molar refractivity (Wildman–Crippen MR) is 111 cm³/mol. The second kappa shape index (κ2) is 9.13. The molecule has 0 radical (unpaired) electrons. The van der Waals surface area contributed by atoms with Crippen LogP contribution in [0.5, 0.6) is 0 Å². The summed E-state index contributed by atoms with van der Waals surface area (Å²) < 4.78 is 5.58. The Morgan fingerprint density at radius 1 is 1.19 bits per heavy atom. The molecule has 1 amide bonds. The standard InChI is InChI=1S/C21H29ClN2O2.ClH/c22-18-3-1-2-17(14-18)21(8-12-26-13-9-21)20(25)24-10-6-19(7-11-24)23-15-16-4-5-16;/h1-3,14,16,19,23H,4-13,15H2;1H. The molecule has 0 atom stereocenters. The summed E-state index contributed by atoms with van der Waals surface area (Å²) >= 11 is 6.24. The van der Waals surface area contributed by atoms with Gasteiger partial charge in [0, 0.05) is 37.4 Å².